The summed E-state index contributed by atoms with van der Waals surface area (Å²) < 4.78 is 34.0. The van der Waals surface area contributed by atoms with Gasteiger partial charge in [0.15, 0.2) is 0 Å². The van der Waals surface area contributed by atoms with Gasteiger partial charge in [-0.3, -0.25) is 19.3 Å². The topological polar surface area (TPSA) is 114 Å². The Hall–Kier alpha value is -3.72. The first-order chi connectivity index (χ1) is 15.7. The molecule has 172 valence electrons. The van der Waals surface area contributed by atoms with Crippen molar-refractivity contribution in [3.05, 3.63) is 83.2 Å². The van der Waals surface area contributed by atoms with Crippen molar-refractivity contribution in [2.75, 3.05) is 16.6 Å². The molecule has 2 aromatic carbocycles. The van der Waals surface area contributed by atoms with Gasteiger partial charge in [0.2, 0.25) is 0 Å². The Labute approximate surface area is 193 Å². The maximum atomic E-state index is 13.2. The Morgan fingerprint density at radius 1 is 1.00 bits per heavy atom. The van der Waals surface area contributed by atoms with Crippen LogP contribution in [0.25, 0.3) is 0 Å². The van der Waals surface area contributed by atoms with Gasteiger partial charge in [-0.2, -0.15) is 0 Å². The first-order valence-corrected chi connectivity index (χ1v) is 11.8. The molecule has 0 aliphatic carbocycles. The maximum Gasteiger partial charge on any atom is 0.310 e. The molecule has 1 aromatic heterocycles. The lowest BCUT2D eigenvalue weighted by Crippen LogP contribution is -2.19. The molecular formula is C24H25N3O5S. The molecule has 0 aliphatic rings. The summed E-state index contributed by atoms with van der Waals surface area (Å²) in [6.45, 7) is 5.53. The van der Waals surface area contributed by atoms with Crippen LogP contribution in [0.5, 0.6) is 0 Å². The summed E-state index contributed by atoms with van der Waals surface area (Å²) in [4.78, 5) is 28.6. The number of pyridine rings is 1. The molecule has 33 heavy (non-hydrogen) atoms. The maximum absolute atomic E-state index is 13.2. The summed E-state index contributed by atoms with van der Waals surface area (Å²) in [6.07, 6.45) is 2.79. The lowest BCUT2D eigenvalue weighted by atomic mass is 10.1. The summed E-state index contributed by atoms with van der Waals surface area (Å²) in [5, 5.41) is 2.70. The second kappa shape index (κ2) is 10.3. The van der Waals surface area contributed by atoms with Gasteiger partial charge in [-0.15, -0.1) is 0 Å². The zero-order chi connectivity index (χ0) is 24.0. The first-order valence-electron chi connectivity index (χ1n) is 10.3. The predicted molar refractivity (Wildman–Crippen MR) is 126 cm³/mol. The van der Waals surface area contributed by atoms with Crippen molar-refractivity contribution in [2.45, 2.75) is 32.1 Å². The van der Waals surface area contributed by atoms with E-state index in [0.29, 0.717) is 11.3 Å². The van der Waals surface area contributed by atoms with Gasteiger partial charge in [-0.05, 0) is 62.2 Å². The zero-order valence-corrected chi connectivity index (χ0v) is 19.4. The van der Waals surface area contributed by atoms with Crippen molar-refractivity contribution >= 4 is 33.3 Å². The van der Waals surface area contributed by atoms with Gasteiger partial charge in [0.05, 0.1) is 23.5 Å². The third kappa shape index (κ3) is 6.17. The van der Waals surface area contributed by atoms with E-state index in [-0.39, 0.29) is 29.2 Å². The monoisotopic (exact) mass is 467 g/mol. The first kappa shape index (κ1) is 23.9. The van der Waals surface area contributed by atoms with Crippen LogP contribution in [-0.2, 0) is 26.0 Å². The van der Waals surface area contributed by atoms with E-state index in [1.165, 1.54) is 18.3 Å². The smallest absolute Gasteiger partial charge is 0.310 e. The lowest BCUT2D eigenvalue weighted by molar-refractivity contribution is -0.142. The third-order valence-electron chi connectivity index (χ3n) is 4.84. The summed E-state index contributed by atoms with van der Waals surface area (Å²) in [5.74, 6) is -0.972. The molecule has 0 fully saturated rings. The molecule has 0 atom stereocenters. The number of benzene rings is 2. The summed E-state index contributed by atoms with van der Waals surface area (Å²) in [7, 11) is -4.07. The van der Waals surface area contributed by atoms with Crippen LogP contribution >= 0.6 is 0 Å². The van der Waals surface area contributed by atoms with Crippen molar-refractivity contribution in [3.8, 4) is 0 Å². The number of esters is 1. The van der Waals surface area contributed by atoms with Crippen LogP contribution in [0.15, 0.2) is 65.8 Å². The van der Waals surface area contributed by atoms with E-state index >= 15 is 0 Å². The molecule has 0 saturated heterocycles. The number of carbonyl (C=O) groups excluding carboxylic acids is 2. The van der Waals surface area contributed by atoms with Crippen LogP contribution in [0.1, 0.15) is 34.0 Å². The zero-order valence-electron chi connectivity index (χ0n) is 18.6. The van der Waals surface area contributed by atoms with Gasteiger partial charge >= 0.3 is 5.97 Å². The second-order valence-corrected chi connectivity index (χ2v) is 9.07. The van der Waals surface area contributed by atoms with Gasteiger partial charge in [-0.25, -0.2) is 8.42 Å². The van der Waals surface area contributed by atoms with E-state index < -0.39 is 21.9 Å². The minimum atomic E-state index is -4.07. The van der Waals surface area contributed by atoms with Crippen molar-refractivity contribution < 1.29 is 22.7 Å². The molecule has 0 radical (unpaired) electrons. The van der Waals surface area contributed by atoms with Crippen molar-refractivity contribution in [1.29, 1.82) is 0 Å². The molecule has 0 spiro atoms. The van der Waals surface area contributed by atoms with Crippen molar-refractivity contribution in [2.24, 2.45) is 0 Å². The molecule has 8 nitrogen and oxygen atoms in total. The van der Waals surface area contributed by atoms with E-state index in [1.54, 1.807) is 56.4 Å². The van der Waals surface area contributed by atoms with Gasteiger partial charge in [0, 0.05) is 23.8 Å². The van der Waals surface area contributed by atoms with Crippen LogP contribution in [0.2, 0.25) is 0 Å². The fourth-order valence-corrected chi connectivity index (χ4v) is 4.45. The Kier molecular flexibility index (Phi) is 7.44. The van der Waals surface area contributed by atoms with E-state index in [0.717, 1.165) is 11.1 Å². The SMILES string of the molecule is CCOC(=O)Cc1ccc(NC(=O)c2cnccc2C)cc1S(=O)(=O)Nc1ccc(C)cc1. The van der Waals surface area contributed by atoms with Gasteiger partial charge in [0.1, 0.15) is 0 Å². The average molecular weight is 468 g/mol. The minimum absolute atomic E-state index is 0.128. The number of hydrogen-bond donors (Lipinski definition) is 2. The fourth-order valence-electron chi connectivity index (χ4n) is 3.13. The average Bonchev–Trinajstić information content (AvgIpc) is 2.76. The fraction of sp³-hybridized carbons (Fsp3) is 0.208. The van der Waals surface area contributed by atoms with Crippen LogP contribution < -0.4 is 10.0 Å². The quantitative estimate of drug-likeness (QED) is 0.486. The molecule has 3 rings (SSSR count). The Bertz CT molecular complexity index is 1270. The van der Waals surface area contributed by atoms with Crippen LogP contribution in [0, 0.1) is 13.8 Å². The van der Waals surface area contributed by atoms with Crippen LogP contribution in [0.3, 0.4) is 0 Å². The number of sulfonamides is 1. The number of hydrogen-bond acceptors (Lipinski definition) is 6. The van der Waals surface area contributed by atoms with Gasteiger partial charge in [0.25, 0.3) is 15.9 Å². The largest absolute Gasteiger partial charge is 0.466 e. The molecule has 2 N–H and O–H groups in total. The number of anilines is 2. The van der Waals surface area contributed by atoms with Gasteiger partial charge < -0.3 is 10.1 Å². The Morgan fingerprint density at radius 2 is 1.70 bits per heavy atom. The molecule has 0 aliphatic heterocycles. The molecule has 1 amide bonds. The number of nitrogens with one attached hydrogen (secondary N) is 2. The van der Waals surface area contributed by atoms with Crippen LogP contribution in [0.4, 0.5) is 11.4 Å². The van der Waals surface area contributed by atoms with Crippen LogP contribution in [-0.4, -0.2) is 31.9 Å². The molecule has 0 bridgehead atoms. The number of amides is 1. The number of nitrogens with zero attached hydrogens (tertiary/aromatic N) is 1. The molecule has 1 heterocycles. The molecule has 0 unspecified atom stereocenters. The standard InChI is InChI=1S/C24H25N3O5S/c1-4-32-23(28)13-18-7-10-20(26-24(29)21-15-25-12-11-17(21)3)14-22(18)33(30,31)27-19-8-5-16(2)6-9-19/h5-12,14-15,27H,4,13H2,1-3H3,(H,26,29). The van der Waals surface area contributed by atoms with E-state index in [1.807, 2.05) is 6.92 Å². The lowest BCUT2D eigenvalue weighted by Gasteiger charge is -2.15. The summed E-state index contributed by atoms with van der Waals surface area (Å²) >= 11 is 0. The summed E-state index contributed by atoms with van der Waals surface area (Å²) in [6, 6.07) is 12.9. The number of aromatic nitrogens is 1. The van der Waals surface area contributed by atoms with E-state index in [2.05, 4.69) is 15.0 Å². The number of aryl methyl sites for hydroxylation is 2. The molecule has 0 saturated carbocycles. The highest BCUT2D eigenvalue weighted by molar-refractivity contribution is 7.92. The van der Waals surface area contributed by atoms with E-state index in [4.69, 9.17) is 4.74 Å². The molecule has 9 heteroatoms. The number of carbonyl (C=O) groups is 2. The second-order valence-electron chi connectivity index (χ2n) is 7.42. The number of ether oxygens (including phenoxy) is 1. The minimum Gasteiger partial charge on any atom is -0.466 e. The van der Waals surface area contributed by atoms with Crippen molar-refractivity contribution in [3.63, 3.8) is 0 Å². The van der Waals surface area contributed by atoms with Gasteiger partial charge in [-0.1, -0.05) is 23.8 Å². The Balaban J connectivity index is 1.96. The third-order valence-corrected chi connectivity index (χ3v) is 6.31. The highest BCUT2D eigenvalue weighted by Gasteiger charge is 2.22. The predicted octanol–water partition coefficient (Wildman–Crippen LogP) is 3.86. The number of rotatable bonds is 8. The van der Waals surface area contributed by atoms with Crippen molar-refractivity contribution in [1.82, 2.24) is 4.98 Å². The Morgan fingerprint density at radius 3 is 2.36 bits per heavy atom. The highest BCUT2D eigenvalue weighted by Crippen LogP contribution is 2.25. The molecule has 3 aromatic rings. The normalized spacial score (nSPS) is 11.0. The molecular weight excluding hydrogens is 442 g/mol. The summed E-state index contributed by atoms with van der Waals surface area (Å²) in [5.41, 5.74) is 2.98. The van der Waals surface area contributed by atoms with E-state index in [9.17, 15) is 18.0 Å². The highest BCUT2D eigenvalue weighted by atomic mass is 32.2.